The van der Waals surface area contributed by atoms with Gasteiger partial charge in [0.1, 0.15) is 23.1 Å². The summed E-state index contributed by atoms with van der Waals surface area (Å²) < 4.78 is 11.2. The molecular weight excluding hydrogens is 402 g/mol. The summed E-state index contributed by atoms with van der Waals surface area (Å²) in [7, 11) is 1.59. The quantitative estimate of drug-likeness (QED) is 0.661. The van der Waals surface area contributed by atoms with E-state index in [9.17, 15) is 4.79 Å². The zero-order valence-corrected chi connectivity index (χ0v) is 18.5. The Balaban J connectivity index is 1.50. The maximum Gasteiger partial charge on any atom is 0.255 e. The van der Waals surface area contributed by atoms with Gasteiger partial charge in [0.15, 0.2) is 0 Å². The van der Waals surface area contributed by atoms with Crippen molar-refractivity contribution in [2.45, 2.75) is 45.7 Å². The molecule has 0 unspecified atom stereocenters. The number of nitrogens with zero attached hydrogens (tertiary/aromatic N) is 2. The van der Waals surface area contributed by atoms with Gasteiger partial charge in [-0.3, -0.25) is 9.69 Å². The Morgan fingerprint density at radius 3 is 2.77 bits per heavy atom. The Morgan fingerprint density at radius 1 is 1.27 bits per heavy atom. The van der Waals surface area contributed by atoms with Crippen molar-refractivity contribution in [3.8, 4) is 17.1 Å². The Bertz CT molecular complexity index is 1130. The summed E-state index contributed by atoms with van der Waals surface area (Å²) in [6.45, 7) is 8.18. The highest BCUT2D eigenvalue weighted by Gasteiger charge is 2.25. The highest BCUT2D eigenvalue weighted by atomic mass is 35.5. The van der Waals surface area contributed by atoms with Crippen molar-refractivity contribution >= 4 is 11.6 Å². The van der Waals surface area contributed by atoms with Gasteiger partial charge < -0.3 is 14.1 Å². The standard InChI is InChI=1S/C23H26ClN3O3/c1-23(2,3)22-25-18-9-10-27(13-16(18)21(28)26-22)12-15-6-8-19(30-15)14-5-7-20(29-4)17(24)11-14/h5-8,11H,9-10,12-13H2,1-4H3,(H,25,26,28). The van der Waals surface area contributed by atoms with Crippen LogP contribution in [-0.4, -0.2) is 28.5 Å². The molecule has 0 saturated heterocycles. The van der Waals surface area contributed by atoms with Gasteiger partial charge >= 0.3 is 0 Å². The van der Waals surface area contributed by atoms with Gasteiger partial charge in [-0.2, -0.15) is 0 Å². The molecule has 1 aliphatic heterocycles. The zero-order chi connectivity index (χ0) is 21.5. The summed E-state index contributed by atoms with van der Waals surface area (Å²) in [4.78, 5) is 22.5. The van der Waals surface area contributed by atoms with Crippen LogP contribution in [-0.2, 0) is 24.9 Å². The smallest absolute Gasteiger partial charge is 0.255 e. The van der Waals surface area contributed by atoms with Crippen LogP contribution in [0.25, 0.3) is 11.3 Å². The lowest BCUT2D eigenvalue weighted by molar-refractivity contribution is 0.222. The summed E-state index contributed by atoms with van der Waals surface area (Å²) in [6, 6.07) is 9.48. The van der Waals surface area contributed by atoms with E-state index in [1.165, 1.54) is 0 Å². The molecule has 3 heterocycles. The van der Waals surface area contributed by atoms with E-state index in [0.717, 1.165) is 47.1 Å². The highest BCUT2D eigenvalue weighted by Crippen LogP contribution is 2.31. The van der Waals surface area contributed by atoms with E-state index in [4.69, 9.17) is 25.7 Å². The molecule has 0 radical (unpaired) electrons. The van der Waals surface area contributed by atoms with Crippen molar-refractivity contribution in [1.82, 2.24) is 14.9 Å². The monoisotopic (exact) mass is 427 g/mol. The maximum atomic E-state index is 12.6. The molecule has 158 valence electrons. The first-order chi connectivity index (χ1) is 14.2. The summed E-state index contributed by atoms with van der Waals surface area (Å²) in [5, 5.41) is 0.543. The number of hydrogen-bond acceptors (Lipinski definition) is 5. The molecule has 0 aliphatic carbocycles. The normalized spacial score (nSPS) is 14.6. The van der Waals surface area contributed by atoms with Crippen LogP contribution in [0.1, 0.15) is 43.6 Å². The fourth-order valence-electron chi connectivity index (χ4n) is 3.63. The van der Waals surface area contributed by atoms with Crippen LogP contribution in [0, 0.1) is 0 Å². The van der Waals surface area contributed by atoms with Crippen molar-refractivity contribution in [3.05, 3.63) is 68.6 Å². The van der Waals surface area contributed by atoms with Crippen LogP contribution in [0.15, 0.2) is 39.5 Å². The van der Waals surface area contributed by atoms with E-state index in [0.29, 0.717) is 23.9 Å². The van der Waals surface area contributed by atoms with Gasteiger partial charge in [0.2, 0.25) is 0 Å². The maximum absolute atomic E-state index is 12.6. The van der Waals surface area contributed by atoms with Crippen molar-refractivity contribution < 1.29 is 9.15 Å². The zero-order valence-electron chi connectivity index (χ0n) is 17.7. The first-order valence-electron chi connectivity index (χ1n) is 10.0. The molecule has 4 rings (SSSR count). The van der Waals surface area contributed by atoms with Crippen LogP contribution < -0.4 is 10.3 Å². The van der Waals surface area contributed by atoms with Crippen molar-refractivity contribution in [2.75, 3.05) is 13.7 Å². The highest BCUT2D eigenvalue weighted by molar-refractivity contribution is 6.32. The van der Waals surface area contributed by atoms with Crippen LogP contribution >= 0.6 is 11.6 Å². The minimum atomic E-state index is -0.180. The van der Waals surface area contributed by atoms with Crippen molar-refractivity contribution in [2.24, 2.45) is 0 Å². The number of H-pyrrole nitrogens is 1. The topological polar surface area (TPSA) is 71.4 Å². The molecule has 0 saturated carbocycles. The van der Waals surface area contributed by atoms with Gasteiger partial charge in [-0.1, -0.05) is 32.4 Å². The second kappa shape index (κ2) is 7.93. The number of ether oxygens (including phenoxy) is 1. The number of fused-ring (bicyclic) bond motifs is 1. The number of furan rings is 1. The second-order valence-electron chi connectivity index (χ2n) is 8.67. The van der Waals surface area contributed by atoms with E-state index in [1.54, 1.807) is 7.11 Å². The molecule has 0 amide bonds. The van der Waals surface area contributed by atoms with E-state index in [2.05, 4.69) is 30.7 Å². The molecule has 2 aromatic heterocycles. The fourth-order valence-corrected chi connectivity index (χ4v) is 3.89. The third-order valence-corrected chi connectivity index (χ3v) is 5.63. The SMILES string of the molecule is COc1ccc(-c2ccc(CN3CCc4nc(C(C)(C)C)[nH]c(=O)c4C3)o2)cc1Cl. The van der Waals surface area contributed by atoms with Crippen LogP contribution in [0.3, 0.4) is 0 Å². The van der Waals surface area contributed by atoms with Gasteiger partial charge in [0.05, 0.1) is 29.9 Å². The van der Waals surface area contributed by atoms with E-state index >= 15 is 0 Å². The summed E-state index contributed by atoms with van der Waals surface area (Å²) >= 11 is 6.23. The second-order valence-corrected chi connectivity index (χ2v) is 9.07. The number of hydrogen-bond donors (Lipinski definition) is 1. The van der Waals surface area contributed by atoms with E-state index in [1.807, 2.05) is 30.3 Å². The minimum Gasteiger partial charge on any atom is -0.495 e. The molecule has 1 aliphatic rings. The molecule has 1 aromatic carbocycles. The predicted molar refractivity (Wildman–Crippen MR) is 117 cm³/mol. The number of nitrogens with one attached hydrogen (secondary N) is 1. The third-order valence-electron chi connectivity index (χ3n) is 5.34. The number of benzene rings is 1. The Hall–Kier alpha value is -2.57. The largest absolute Gasteiger partial charge is 0.495 e. The first kappa shape index (κ1) is 20.7. The lowest BCUT2D eigenvalue weighted by Gasteiger charge is -2.28. The van der Waals surface area contributed by atoms with E-state index < -0.39 is 0 Å². The van der Waals surface area contributed by atoms with Gasteiger partial charge in [-0.15, -0.1) is 0 Å². The Labute approximate surface area is 180 Å². The first-order valence-corrected chi connectivity index (χ1v) is 10.4. The lowest BCUT2D eigenvalue weighted by atomic mass is 9.95. The van der Waals surface area contributed by atoms with Crippen LogP contribution in [0.5, 0.6) is 5.75 Å². The lowest BCUT2D eigenvalue weighted by Crippen LogP contribution is -2.37. The third kappa shape index (κ3) is 4.16. The molecular formula is C23H26ClN3O3. The van der Waals surface area contributed by atoms with Gasteiger partial charge in [-0.25, -0.2) is 4.98 Å². The molecule has 0 spiro atoms. The molecule has 3 aromatic rings. The summed E-state index contributed by atoms with van der Waals surface area (Å²) in [5.41, 5.74) is 2.34. The Kier molecular flexibility index (Phi) is 5.47. The van der Waals surface area contributed by atoms with Gasteiger partial charge in [0.25, 0.3) is 5.56 Å². The van der Waals surface area contributed by atoms with Gasteiger partial charge in [-0.05, 0) is 30.3 Å². The Morgan fingerprint density at radius 2 is 2.07 bits per heavy atom. The molecule has 7 heteroatoms. The average Bonchev–Trinajstić information content (AvgIpc) is 3.16. The number of aromatic nitrogens is 2. The number of rotatable bonds is 4. The average molecular weight is 428 g/mol. The molecule has 30 heavy (non-hydrogen) atoms. The molecule has 0 bridgehead atoms. The number of halogens is 1. The van der Waals surface area contributed by atoms with Crippen molar-refractivity contribution in [3.63, 3.8) is 0 Å². The van der Waals surface area contributed by atoms with E-state index in [-0.39, 0.29) is 11.0 Å². The number of methoxy groups -OCH3 is 1. The summed E-state index contributed by atoms with van der Waals surface area (Å²) in [5.74, 6) is 2.97. The minimum absolute atomic E-state index is 0.0392. The molecule has 6 nitrogen and oxygen atoms in total. The molecule has 0 atom stereocenters. The fraction of sp³-hybridized carbons (Fsp3) is 0.391. The van der Waals surface area contributed by atoms with Crippen LogP contribution in [0.4, 0.5) is 0 Å². The van der Waals surface area contributed by atoms with Gasteiger partial charge in [0, 0.05) is 30.5 Å². The molecule has 1 N–H and O–H groups in total. The van der Waals surface area contributed by atoms with Crippen molar-refractivity contribution in [1.29, 1.82) is 0 Å². The number of aromatic amines is 1. The summed E-state index contributed by atoms with van der Waals surface area (Å²) in [6.07, 6.45) is 0.754. The van der Waals surface area contributed by atoms with Crippen LogP contribution in [0.2, 0.25) is 5.02 Å². The molecule has 0 fully saturated rings. The predicted octanol–water partition coefficient (Wildman–Crippen LogP) is 4.55.